The third kappa shape index (κ3) is 16.1. The zero-order valence-electron chi connectivity index (χ0n) is 32.7. The highest BCUT2D eigenvalue weighted by atomic mass is 32.2. The Kier molecular flexibility index (Phi) is 18.2. The maximum Gasteiger partial charge on any atom is 0.308 e. The Labute approximate surface area is 324 Å². The molecule has 3 rings (SSSR count). The minimum absolute atomic E-state index is 0.0103. The maximum absolute atomic E-state index is 13.7. The third-order valence-corrected chi connectivity index (χ3v) is 9.96. The predicted octanol–water partition coefficient (Wildman–Crippen LogP) is 1.92. The molecule has 2 fully saturated rings. The number of ether oxygens (including phenoxy) is 2. The van der Waals surface area contributed by atoms with E-state index < -0.39 is 33.9 Å². The van der Waals surface area contributed by atoms with Crippen LogP contribution >= 0.6 is 0 Å². The van der Waals surface area contributed by atoms with E-state index in [1.165, 1.54) is 4.90 Å². The van der Waals surface area contributed by atoms with Crippen molar-refractivity contribution < 1.29 is 46.7 Å². The maximum atomic E-state index is 13.7. The first kappa shape index (κ1) is 45.0. The van der Waals surface area contributed by atoms with Gasteiger partial charge in [0.25, 0.3) is 0 Å². The van der Waals surface area contributed by atoms with Crippen molar-refractivity contribution in [3.8, 4) is 0 Å². The first-order valence-corrected chi connectivity index (χ1v) is 21.0. The van der Waals surface area contributed by atoms with Gasteiger partial charge in [-0.2, -0.15) is 4.99 Å². The Morgan fingerprint density at radius 3 is 2.04 bits per heavy atom. The van der Waals surface area contributed by atoms with Crippen LogP contribution in [-0.2, 0) is 54.7 Å². The highest BCUT2D eigenvalue weighted by Gasteiger charge is 2.38. The van der Waals surface area contributed by atoms with Gasteiger partial charge in [-0.05, 0) is 56.4 Å². The van der Waals surface area contributed by atoms with Gasteiger partial charge in [-0.15, -0.1) is 0 Å². The molecule has 2 heterocycles. The molecule has 0 aromatic heterocycles. The summed E-state index contributed by atoms with van der Waals surface area (Å²) in [5.74, 6) is -2.70. The molecule has 0 radical (unpaired) electrons. The number of nitrogens with zero attached hydrogens (tertiary/aromatic N) is 3. The van der Waals surface area contributed by atoms with Crippen molar-refractivity contribution in [1.29, 1.82) is 0 Å². The molecule has 306 valence electrons. The Morgan fingerprint density at radius 2 is 1.45 bits per heavy atom. The van der Waals surface area contributed by atoms with Gasteiger partial charge in [0.2, 0.25) is 39.6 Å². The van der Waals surface area contributed by atoms with Crippen LogP contribution in [-0.4, -0.2) is 117 Å². The van der Waals surface area contributed by atoms with Gasteiger partial charge < -0.3 is 24.6 Å². The monoisotopic (exact) mass is 790 g/mol. The molecule has 2 atom stereocenters. The second-order valence-electron chi connectivity index (χ2n) is 14.7. The number of carbonyl (C=O) groups excluding carboxylic acids is 6. The zero-order chi connectivity index (χ0) is 40.5. The summed E-state index contributed by atoms with van der Waals surface area (Å²) in [5.41, 5.74) is 0.787. The number of hydrogen-bond acceptors (Lipinski definition) is 10. The van der Waals surface area contributed by atoms with E-state index in [9.17, 15) is 37.2 Å². The largest absolute Gasteiger partial charge is 0.465 e. The number of esters is 2. The van der Waals surface area contributed by atoms with Crippen molar-refractivity contribution in [1.82, 2.24) is 25.2 Å². The number of likely N-dealkylation sites (tertiary alicyclic amines) is 2. The molecule has 2 saturated heterocycles. The first-order chi connectivity index (χ1) is 26.0. The van der Waals surface area contributed by atoms with E-state index in [1.807, 2.05) is 35.2 Å². The summed E-state index contributed by atoms with van der Waals surface area (Å²) >= 11 is 0. The van der Waals surface area contributed by atoms with Crippen LogP contribution in [0.15, 0.2) is 35.3 Å². The molecule has 2 aliphatic heterocycles. The van der Waals surface area contributed by atoms with Crippen LogP contribution in [0.4, 0.5) is 0 Å². The summed E-state index contributed by atoms with van der Waals surface area (Å²) in [5, 5.41) is 5.74. The number of aliphatic imine (C=N–C) groups is 1. The number of piperidine rings is 1. The summed E-state index contributed by atoms with van der Waals surface area (Å²) in [7, 11) is -3.71. The number of benzene rings is 1. The summed E-state index contributed by atoms with van der Waals surface area (Å²) in [6.07, 6.45) is 4.07. The Bertz CT molecular complexity index is 1610. The lowest BCUT2D eigenvalue weighted by molar-refractivity contribution is -0.148. The van der Waals surface area contributed by atoms with Gasteiger partial charge in [-0.25, -0.2) is 13.1 Å². The van der Waals surface area contributed by atoms with E-state index >= 15 is 0 Å². The van der Waals surface area contributed by atoms with Gasteiger partial charge in [-0.3, -0.25) is 34.1 Å². The van der Waals surface area contributed by atoms with Crippen molar-refractivity contribution in [3.05, 3.63) is 35.9 Å². The van der Waals surface area contributed by atoms with Crippen LogP contribution in [0.5, 0.6) is 0 Å². The molecule has 2 aliphatic rings. The quantitative estimate of drug-likeness (QED) is 0.0847. The number of carbonyl (C=O) groups is 6. The van der Waals surface area contributed by atoms with E-state index in [1.54, 1.807) is 27.7 Å². The van der Waals surface area contributed by atoms with Crippen molar-refractivity contribution in [2.24, 2.45) is 22.7 Å². The van der Waals surface area contributed by atoms with Crippen molar-refractivity contribution in [3.63, 3.8) is 0 Å². The average molecular weight is 791 g/mol. The molecule has 0 spiro atoms. The zero-order valence-corrected chi connectivity index (χ0v) is 33.5. The van der Waals surface area contributed by atoms with Crippen LogP contribution in [0.3, 0.4) is 0 Å². The summed E-state index contributed by atoms with van der Waals surface area (Å²) in [6.45, 7) is 8.61. The highest BCUT2D eigenvalue weighted by Crippen LogP contribution is 2.22. The Balaban J connectivity index is 1.57. The number of nitrogens with one attached hydrogen (secondary N) is 3. The highest BCUT2D eigenvalue weighted by molar-refractivity contribution is 7.88. The lowest BCUT2D eigenvalue weighted by atomic mass is 9.96. The molecule has 55 heavy (non-hydrogen) atoms. The molecule has 0 unspecified atom stereocenters. The van der Waals surface area contributed by atoms with Gasteiger partial charge in [-0.1, -0.05) is 58.0 Å². The third-order valence-electron chi connectivity index (χ3n) is 9.25. The summed E-state index contributed by atoms with van der Waals surface area (Å²) in [6, 6.07) is 7.31. The van der Waals surface area contributed by atoms with E-state index in [4.69, 9.17) is 9.47 Å². The minimum Gasteiger partial charge on any atom is -0.465 e. The fourth-order valence-corrected chi connectivity index (χ4v) is 6.88. The standard InChI is InChI=1S/C38H58N6O10S/c1-26(2)36(49)53-22-10-15-32(45)40-38(41-33(46)16-11-23-54-37(50)27(3)4)43-20-17-29(18-21-43)25-39-34(47)31-14-9-19-44(31)35(48)30(42-55(5,51)52)24-28-12-7-6-8-13-28/h6-8,12-13,26-27,29-31,42H,9-11,14-25H2,1-5H3,(H,39,47)(H,40,41,45,46)/t30-,31+/m1/s1. The molecule has 17 heteroatoms. The SMILES string of the molecule is CC(C)C(=O)OCCCC(=O)N=C(NC(=O)CCCOC(=O)C(C)C)N1CCC(CNC(=O)[C@@H]2CCCN2C(=O)[C@@H](Cc2ccccc2)NS(C)(=O)=O)CC1. The first-order valence-electron chi connectivity index (χ1n) is 19.1. The molecule has 3 N–H and O–H groups in total. The topological polar surface area (TPSA) is 210 Å². The molecule has 0 saturated carbocycles. The number of amides is 4. The minimum atomic E-state index is -3.71. The number of rotatable bonds is 18. The number of hydrogen-bond donors (Lipinski definition) is 3. The smallest absolute Gasteiger partial charge is 0.308 e. The lowest BCUT2D eigenvalue weighted by Gasteiger charge is -2.34. The summed E-state index contributed by atoms with van der Waals surface area (Å²) < 4.78 is 37.1. The van der Waals surface area contributed by atoms with Gasteiger partial charge in [0.15, 0.2) is 0 Å². The second kappa shape index (κ2) is 22.2. The summed E-state index contributed by atoms with van der Waals surface area (Å²) in [4.78, 5) is 83.7. The molecule has 0 bridgehead atoms. The van der Waals surface area contributed by atoms with Crippen LogP contribution < -0.4 is 15.4 Å². The fourth-order valence-electron chi connectivity index (χ4n) is 6.18. The molecular formula is C38H58N6O10S. The van der Waals surface area contributed by atoms with Gasteiger partial charge in [0, 0.05) is 39.0 Å². The second-order valence-corrected chi connectivity index (χ2v) is 16.5. The molecule has 1 aromatic carbocycles. The van der Waals surface area contributed by atoms with E-state index in [0.717, 1.165) is 11.8 Å². The number of sulfonamides is 1. The average Bonchev–Trinajstić information content (AvgIpc) is 3.63. The predicted molar refractivity (Wildman–Crippen MR) is 205 cm³/mol. The van der Waals surface area contributed by atoms with Gasteiger partial charge >= 0.3 is 11.9 Å². The van der Waals surface area contributed by atoms with E-state index in [0.29, 0.717) is 58.3 Å². The van der Waals surface area contributed by atoms with E-state index in [2.05, 4.69) is 20.3 Å². The van der Waals surface area contributed by atoms with Crippen LogP contribution in [0.2, 0.25) is 0 Å². The molecule has 0 aliphatic carbocycles. The van der Waals surface area contributed by atoms with Crippen LogP contribution in [0.25, 0.3) is 0 Å². The van der Waals surface area contributed by atoms with Crippen molar-refractivity contribution in [2.75, 3.05) is 45.6 Å². The Hall–Kier alpha value is -4.38. The van der Waals surface area contributed by atoms with E-state index in [-0.39, 0.29) is 86.4 Å². The normalized spacial score (nSPS) is 17.2. The van der Waals surface area contributed by atoms with Gasteiger partial charge in [0.05, 0.1) is 31.3 Å². The molecular weight excluding hydrogens is 733 g/mol. The van der Waals surface area contributed by atoms with Crippen LogP contribution in [0.1, 0.15) is 84.6 Å². The van der Waals surface area contributed by atoms with Gasteiger partial charge in [0.1, 0.15) is 12.1 Å². The molecule has 4 amide bonds. The molecule has 16 nitrogen and oxygen atoms in total. The lowest BCUT2D eigenvalue weighted by Crippen LogP contribution is -2.54. The number of guanidine groups is 1. The Morgan fingerprint density at radius 1 is 0.855 bits per heavy atom. The molecule has 1 aromatic rings. The van der Waals surface area contributed by atoms with Crippen molar-refractivity contribution in [2.45, 2.75) is 97.6 Å². The van der Waals surface area contributed by atoms with Crippen molar-refractivity contribution >= 4 is 51.6 Å². The van der Waals surface area contributed by atoms with Crippen LogP contribution in [0, 0.1) is 17.8 Å². The fraction of sp³-hybridized carbons (Fsp3) is 0.658.